The fourth-order valence-corrected chi connectivity index (χ4v) is 2.50. The van der Waals surface area contributed by atoms with E-state index in [4.69, 9.17) is 27.2 Å². The largest absolute Gasteiger partial charge is 0.508 e. The van der Waals surface area contributed by atoms with Crippen molar-refractivity contribution in [2.24, 2.45) is 5.73 Å². The van der Waals surface area contributed by atoms with Crippen LogP contribution < -0.4 is 10.5 Å². The number of hydrogen-bond acceptors (Lipinski definition) is 8. The monoisotopic (exact) mass is 430 g/mol. The highest BCUT2D eigenvalue weighted by Crippen LogP contribution is 2.13. The van der Waals surface area contributed by atoms with Crippen LogP contribution in [-0.2, 0) is 17.7 Å². The second kappa shape index (κ2) is 11.7. The third-order valence-corrected chi connectivity index (χ3v) is 3.99. The molecule has 9 heteroatoms. The highest BCUT2D eigenvalue weighted by molar-refractivity contribution is 6.28. The number of halogens is 1. The summed E-state index contributed by atoms with van der Waals surface area (Å²) >= 11 is 5.83. The van der Waals surface area contributed by atoms with Crippen molar-refractivity contribution < 1.29 is 19.4 Å². The second-order valence-corrected chi connectivity index (χ2v) is 6.31. The number of rotatable bonds is 6. The van der Waals surface area contributed by atoms with E-state index in [2.05, 4.69) is 19.7 Å². The number of esters is 1. The van der Waals surface area contributed by atoms with E-state index in [0.29, 0.717) is 31.0 Å². The molecule has 3 rings (SSSR count). The third-order valence-electron chi connectivity index (χ3n) is 3.82. The average molecular weight is 431 g/mol. The highest BCUT2D eigenvalue weighted by atomic mass is 35.5. The van der Waals surface area contributed by atoms with E-state index in [1.54, 1.807) is 36.4 Å². The first kappa shape index (κ1) is 23.1. The Hall–Kier alpha value is -3.23. The number of phenolic OH excluding ortho intramolecular Hbond substituents is 1. The van der Waals surface area contributed by atoms with Crippen LogP contribution >= 0.6 is 11.6 Å². The first-order chi connectivity index (χ1) is 14.4. The van der Waals surface area contributed by atoms with Crippen molar-refractivity contribution in [1.29, 1.82) is 0 Å². The van der Waals surface area contributed by atoms with E-state index in [1.807, 2.05) is 19.1 Å². The van der Waals surface area contributed by atoms with Crippen molar-refractivity contribution >= 4 is 17.6 Å². The Balaban J connectivity index is 0.000000297. The molecule has 0 aliphatic heterocycles. The summed E-state index contributed by atoms with van der Waals surface area (Å²) < 4.78 is 9.87. The third kappa shape index (κ3) is 7.31. The molecule has 0 aliphatic carbocycles. The van der Waals surface area contributed by atoms with Crippen LogP contribution in [0.3, 0.4) is 0 Å². The fourth-order valence-electron chi connectivity index (χ4n) is 2.33. The maximum absolute atomic E-state index is 11.4. The summed E-state index contributed by atoms with van der Waals surface area (Å²) in [5.41, 5.74) is 7.78. The number of phenols is 1. The molecular weight excluding hydrogens is 408 g/mol. The number of methoxy groups -OCH3 is 1. The molecule has 1 aromatic heterocycles. The molecule has 0 unspecified atom stereocenters. The zero-order chi connectivity index (χ0) is 21.9. The minimum atomic E-state index is -0.372. The Morgan fingerprint density at radius 2 is 1.67 bits per heavy atom. The zero-order valence-corrected chi connectivity index (χ0v) is 17.5. The molecule has 0 spiro atoms. The molecule has 30 heavy (non-hydrogen) atoms. The lowest BCUT2D eigenvalue weighted by molar-refractivity contribution is 0.0600. The van der Waals surface area contributed by atoms with Crippen LogP contribution in [0.5, 0.6) is 11.8 Å². The maximum atomic E-state index is 11.4. The van der Waals surface area contributed by atoms with Gasteiger partial charge in [0.25, 0.3) is 0 Å². The standard InChI is InChI=1S/C14H14ClN3O3.C7H9NO/c1-3-21-14-17-11(16-13(15)18-14)8-9-4-6-10(7-5-9)12(19)20-2;8-5-6-1-3-7(9)4-2-6/h4-7H,3,8H2,1-2H3;1-4,9H,5,8H2. The van der Waals surface area contributed by atoms with E-state index in [9.17, 15) is 4.79 Å². The van der Waals surface area contributed by atoms with Crippen molar-refractivity contribution in [3.63, 3.8) is 0 Å². The minimum Gasteiger partial charge on any atom is -0.508 e. The number of ether oxygens (including phenoxy) is 2. The number of nitrogens with zero attached hydrogens (tertiary/aromatic N) is 3. The number of aromatic nitrogens is 3. The van der Waals surface area contributed by atoms with Crippen molar-refractivity contribution in [1.82, 2.24) is 15.0 Å². The van der Waals surface area contributed by atoms with Crippen LogP contribution in [0.4, 0.5) is 0 Å². The highest BCUT2D eigenvalue weighted by Gasteiger charge is 2.08. The van der Waals surface area contributed by atoms with E-state index in [1.165, 1.54) is 7.11 Å². The zero-order valence-electron chi connectivity index (χ0n) is 16.7. The molecule has 2 aromatic carbocycles. The number of aromatic hydroxyl groups is 1. The van der Waals surface area contributed by atoms with Crippen LogP contribution in [0.25, 0.3) is 0 Å². The van der Waals surface area contributed by atoms with Crippen LogP contribution in [0.1, 0.15) is 34.2 Å². The summed E-state index contributed by atoms with van der Waals surface area (Å²) in [6.07, 6.45) is 0.462. The first-order valence-corrected chi connectivity index (χ1v) is 9.51. The minimum absolute atomic E-state index is 0.0923. The van der Waals surface area contributed by atoms with Crippen LogP contribution in [0.2, 0.25) is 5.28 Å². The fraction of sp³-hybridized carbons (Fsp3) is 0.238. The summed E-state index contributed by atoms with van der Waals surface area (Å²) in [5.74, 6) is 0.417. The van der Waals surface area contributed by atoms with Gasteiger partial charge in [0.1, 0.15) is 11.6 Å². The Kier molecular flexibility index (Phi) is 8.99. The molecular formula is C21H23ClN4O4. The molecule has 8 nitrogen and oxygen atoms in total. The van der Waals surface area contributed by atoms with Gasteiger partial charge in [-0.15, -0.1) is 0 Å². The van der Waals surface area contributed by atoms with Gasteiger partial charge in [0.15, 0.2) is 0 Å². The van der Waals surface area contributed by atoms with E-state index >= 15 is 0 Å². The Morgan fingerprint density at radius 3 is 2.23 bits per heavy atom. The van der Waals surface area contributed by atoms with Crippen molar-refractivity contribution in [2.75, 3.05) is 13.7 Å². The normalized spacial score (nSPS) is 10.0. The molecule has 3 aromatic rings. The lowest BCUT2D eigenvalue weighted by Crippen LogP contribution is -2.05. The molecule has 0 aliphatic rings. The Morgan fingerprint density at radius 1 is 1.03 bits per heavy atom. The number of hydrogen-bond donors (Lipinski definition) is 2. The Labute approximate surface area is 179 Å². The van der Waals surface area contributed by atoms with Gasteiger partial charge in [-0.3, -0.25) is 0 Å². The van der Waals surface area contributed by atoms with Crippen LogP contribution in [-0.4, -0.2) is 39.7 Å². The molecule has 158 valence electrons. The summed E-state index contributed by atoms with van der Waals surface area (Å²) in [7, 11) is 1.35. The van der Waals surface area contributed by atoms with Crippen molar-refractivity contribution in [2.45, 2.75) is 19.9 Å². The number of carbonyl (C=O) groups is 1. The van der Waals surface area contributed by atoms with Gasteiger partial charge in [0, 0.05) is 13.0 Å². The molecule has 0 bridgehead atoms. The molecule has 0 saturated carbocycles. The van der Waals surface area contributed by atoms with E-state index in [0.717, 1.165) is 11.1 Å². The average Bonchev–Trinajstić information content (AvgIpc) is 2.74. The lowest BCUT2D eigenvalue weighted by Gasteiger charge is -2.05. The number of nitrogens with two attached hydrogens (primary N) is 1. The van der Waals surface area contributed by atoms with E-state index in [-0.39, 0.29) is 23.0 Å². The maximum Gasteiger partial charge on any atom is 0.337 e. The molecule has 0 fully saturated rings. The summed E-state index contributed by atoms with van der Waals surface area (Å²) in [6.45, 7) is 2.82. The smallest absolute Gasteiger partial charge is 0.337 e. The van der Waals surface area contributed by atoms with Gasteiger partial charge in [-0.05, 0) is 53.9 Å². The van der Waals surface area contributed by atoms with Crippen LogP contribution in [0, 0.1) is 0 Å². The van der Waals surface area contributed by atoms with Gasteiger partial charge in [-0.2, -0.15) is 9.97 Å². The first-order valence-electron chi connectivity index (χ1n) is 9.13. The van der Waals surface area contributed by atoms with Gasteiger partial charge < -0.3 is 20.3 Å². The number of benzene rings is 2. The van der Waals surface area contributed by atoms with Crippen LogP contribution in [0.15, 0.2) is 48.5 Å². The summed E-state index contributed by atoms with van der Waals surface area (Å²) in [5, 5.41) is 8.90. The van der Waals surface area contributed by atoms with Crippen molar-refractivity contribution in [3.05, 3.63) is 76.3 Å². The van der Waals surface area contributed by atoms with Gasteiger partial charge in [0.05, 0.1) is 19.3 Å². The van der Waals surface area contributed by atoms with Gasteiger partial charge in [-0.1, -0.05) is 24.3 Å². The molecule has 1 heterocycles. The quantitative estimate of drug-likeness (QED) is 0.572. The van der Waals surface area contributed by atoms with Gasteiger partial charge in [-0.25, -0.2) is 9.78 Å². The second-order valence-electron chi connectivity index (χ2n) is 5.97. The van der Waals surface area contributed by atoms with Gasteiger partial charge in [0.2, 0.25) is 5.28 Å². The topological polar surface area (TPSA) is 120 Å². The Bertz CT molecular complexity index is 950. The molecule has 0 saturated heterocycles. The lowest BCUT2D eigenvalue weighted by atomic mass is 10.1. The molecule has 0 atom stereocenters. The summed E-state index contributed by atoms with van der Waals surface area (Å²) in [6, 6.07) is 14.1. The molecule has 0 amide bonds. The van der Waals surface area contributed by atoms with E-state index < -0.39 is 0 Å². The summed E-state index contributed by atoms with van der Waals surface area (Å²) in [4.78, 5) is 23.5. The predicted octanol–water partition coefficient (Wildman–Crippen LogP) is 3.15. The molecule has 3 N–H and O–H groups in total. The number of carbonyl (C=O) groups excluding carboxylic acids is 1. The van der Waals surface area contributed by atoms with Gasteiger partial charge >= 0.3 is 12.0 Å². The predicted molar refractivity (Wildman–Crippen MR) is 113 cm³/mol. The van der Waals surface area contributed by atoms with Crippen molar-refractivity contribution in [3.8, 4) is 11.8 Å². The SMILES string of the molecule is CCOc1nc(Cl)nc(Cc2ccc(C(=O)OC)cc2)n1.NCc1ccc(O)cc1. The molecule has 0 radical (unpaired) electrons.